The van der Waals surface area contributed by atoms with Crippen molar-refractivity contribution in [1.82, 2.24) is 0 Å². The number of hydrogen-bond acceptors (Lipinski definition) is 17. The van der Waals surface area contributed by atoms with Gasteiger partial charge in [0.15, 0.2) is 11.9 Å². The summed E-state index contributed by atoms with van der Waals surface area (Å²) in [4.78, 5) is 37.1. The quantitative estimate of drug-likeness (QED) is 0.147. The van der Waals surface area contributed by atoms with Gasteiger partial charge in [-0.3, -0.25) is 14.4 Å². The fourth-order valence-electron chi connectivity index (χ4n) is 5.27. The third-order valence-corrected chi connectivity index (χ3v) is 7.72. The van der Waals surface area contributed by atoms with Crippen molar-refractivity contribution in [3.05, 3.63) is 46.6 Å². The second kappa shape index (κ2) is 13.9. The Balaban J connectivity index is 1.56. The van der Waals surface area contributed by atoms with Crippen LogP contribution in [-0.2, 0) is 28.5 Å². The van der Waals surface area contributed by atoms with E-state index in [0.29, 0.717) is 0 Å². The lowest BCUT2D eigenvalue weighted by atomic mass is 9.99. The van der Waals surface area contributed by atoms with E-state index in [-0.39, 0.29) is 28.4 Å². The van der Waals surface area contributed by atoms with Gasteiger partial charge in [0.2, 0.25) is 23.8 Å². The molecule has 10 atom stereocenters. The zero-order chi connectivity index (χ0) is 35.0. The Hall–Kier alpha value is -4.49. The highest BCUT2D eigenvalue weighted by molar-refractivity contribution is 5.88. The number of esters is 2. The number of carbonyl (C=O) groups excluding carboxylic acids is 2. The number of fused-ring (bicyclic) bond motifs is 1. The van der Waals surface area contributed by atoms with E-state index < -0.39 is 102 Å². The minimum atomic E-state index is -1.94. The fourth-order valence-corrected chi connectivity index (χ4v) is 5.27. The molecule has 1 aromatic heterocycles. The van der Waals surface area contributed by atoms with Gasteiger partial charge < -0.3 is 68.6 Å². The van der Waals surface area contributed by atoms with Crippen LogP contribution in [0.3, 0.4) is 0 Å². The Labute approximate surface area is 271 Å². The molecular weight excluding hydrogens is 644 g/mol. The molecule has 0 amide bonds. The van der Waals surface area contributed by atoms with Crippen LogP contribution in [0.1, 0.15) is 20.8 Å². The highest BCUT2D eigenvalue weighted by Crippen LogP contribution is 2.38. The molecule has 5 rings (SSSR count). The number of phenols is 2. The average Bonchev–Trinajstić information content (AvgIpc) is 3.02. The van der Waals surface area contributed by atoms with Gasteiger partial charge in [0.1, 0.15) is 71.4 Å². The molecule has 0 bridgehead atoms. The number of benzene rings is 2. The van der Waals surface area contributed by atoms with Crippen molar-refractivity contribution in [3.8, 4) is 34.3 Å². The van der Waals surface area contributed by atoms with E-state index in [1.54, 1.807) is 0 Å². The van der Waals surface area contributed by atoms with E-state index in [1.807, 2.05) is 0 Å². The van der Waals surface area contributed by atoms with Crippen LogP contribution in [0.15, 0.2) is 45.6 Å². The van der Waals surface area contributed by atoms with Crippen molar-refractivity contribution < 1.29 is 78.2 Å². The van der Waals surface area contributed by atoms with Gasteiger partial charge in [-0.2, -0.15) is 0 Å². The Morgan fingerprint density at radius 2 is 1.46 bits per heavy atom. The molecule has 0 radical (unpaired) electrons. The molecule has 3 aromatic rings. The van der Waals surface area contributed by atoms with Gasteiger partial charge in [0.25, 0.3) is 0 Å². The minimum absolute atomic E-state index is 0.135. The summed E-state index contributed by atoms with van der Waals surface area (Å²) in [6.07, 6.45) is -15.6. The van der Waals surface area contributed by atoms with Crippen molar-refractivity contribution in [2.45, 2.75) is 82.2 Å². The number of aliphatic hydroxyl groups is 5. The first kappa shape index (κ1) is 34.8. The summed E-state index contributed by atoms with van der Waals surface area (Å²) < 4.78 is 38.7. The van der Waals surface area contributed by atoms with Gasteiger partial charge >= 0.3 is 11.9 Å². The summed E-state index contributed by atoms with van der Waals surface area (Å²) in [6.45, 7) is 3.07. The summed E-state index contributed by atoms with van der Waals surface area (Å²) in [7, 11) is 0. The molecule has 0 saturated carbocycles. The van der Waals surface area contributed by atoms with Crippen LogP contribution >= 0.6 is 0 Å². The van der Waals surface area contributed by atoms with E-state index in [1.165, 1.54) is 37.3 Å². The largest absolute Gasteiger partial charge is 0.508 e. The van der Waals surface area contributed by atoms with Gasteiger partial charge in [-0.15, -0.1) is 0 Å². The van der Waals surface area contributed by atoms with Crippen molar-refractivity contribution in [3.63, 3.8) is 0 Å². The molecule has 17 heteroatoms. The number of ether oxygens (including phenoxy) is 6. The molecule has 2 saturated heterocycles. The molecule has 2 aliphatic heterocycles. The Morgan fingerprint density at radius 3 is 2.10 bits per heavy atom. The third kappa shape index (κ3) is 7.02. The Morgan fingerprint density at radius 1 is 0.812 bits per heavy atom. The predicted octanol–water partition coefficient (Wildman–Crippen LogP) is -0.602. The standard InChI is InChI=1S/C31H34O17/c1-11-21(36)23(38)25(40)30(43-11)45-16-8-17(35)20-18(9-16)46-27(14-4-6-15(34)7-5-14)29(22(20)37)48-31-26(41)24(39)28(44-13(3)33)19(47-31)10-42-12(2)32/h4-9,11,19,21,23-26,28,30-31,34-36,38-41H,10H2,1-3H3/t11-,19+,21-,23+,24+,25+,26+,28+,30-,31-/m0/s1. The molecule has 260 valence electrons. The highest BCUT2D eigenvalue weighted by atomic mass is 16.7. The summed E-state index contributed by atoms with van der Waals surface area (Å²) in [5.41, 5.74) is -1.10. The van der Waals surface area contributed by atoms with Crippen LogP contribution in [0.2, 0.25) is 0 Å². The lowest BCUT2D eigenvalue weighted by Crippen LogP contribution is -2.61. The van der Waals surface area contributed by atoms with E-state index >= 15 is 0 Å². The number of rotatable bonds is 8. The van der Waals surface area contributed by atoms with E-state index in [4.69, 9.17) is 32.8 Å². The third-order valence-electron chi connectivity index (χ3n) is 7.72. The summed E-state index contributed by atoms with van der Waals surface area (Å²) in [5, 5.41) is 72.6. The van der Waals surface area contributed by atoms with Crippen LogP contribution in [0, 0.1) is 0 Å². The van der Waals surface area contributed by atoms with Crippen LogP contribution < -0.4 is 14.9 Å². The smallest absolute Gasteiger partial charge is 0.303 e. The lowest BCUT2D eigenvalue weighted by molar-refractivity contribution is -0.282. The first-order valence-corrected chi connectivity index (χ1v) is 14.6. The monoisotopic (exact) mass is 678 g/mol. The second-order valence-electron chi connectivity index (χ2n) is 11.3. The fraction of sp³-hybridized carbons (Fsp3) is 0.452. The van der Waals surface area contributed by atoms with Crippen LogP contribution in [0.25, 0.3) is 22.3 Å². The molecule has 7 N–H and O–H groups in total. The van der Waals surface area contributed by atoms with E-state index in [0.717, 1.165) is 19.9 Å². The molecular formula is C31H34O17. The van der Waals surface area contributed by atoms with Crippen molar-refractivity contribution in [2.75, 3.05) is 6.61 Å². The number of aromatic hydroxyl groups is 2. The van der Waals surface area contributed by atoms with Gasteiger partial charge in [-0.1, -0.05) is 0 Å². The van der Waals surface area contributed by atoms with Gasteiger partial charge in [0, 0.05) is 31.5 Å². The van der Waals surface area contributed by atoms with Gasteiger partial charge in [-0.05, 0) is 31.2 Å². The summed E-state index contributed by atoms with van der Waals surface area (Å²) in [6, 6.07) is 7.45. The van der Waals surface area contributed by atoms with Crippen LogP contribution in [-0.4, -0.2) is 116 Å². The van der Waals surface area contributed by atoms with E-state index in [9.17, 15) is 50.1 Å². The van der Waals surface area contributed by atoms with Crippen molar-refractivity contribution in [2.24, 2.45) is 0 Å². The average molecular weight is 679 g/mol. The lowest BCUT2D eigenvalue weighted by Gasteiger charge is -2.41. The second-order valence-corrected chi connectivity index (χ2v) is 11.3. The topological polar surface area (TPSA) is 261 Å². The Kier molecular flexibility index (Phi) is 10.1. The van der Waals surface area contributed by atoms with Crippen molar-refractivity contribution >= 4 is 22.9 Å². The number of phenolic OH excluding ortho intramolecular Hbond substituents is 2. The maximum Gasteiger partial charge on any atom is 0.303 e. The molecule has 0 aliphatic carbocycles. The highest BCUT2D eigenvalue weighted by Gasteiger charge is 2.49. The SMILES string of the molecule is CC(=O)OC[C@H]1O[C@@H](Oc2c(-c3ccc(O)cc3)oc3cc(O[C@@H]4O[C@@H](C)[C@H](O)[C@@H](O)[C@H]4O)cc(O)c3c2=O)[C@H](O)[C@@H](O)[C@@H]1OC(C)=O. The summed E-state index contributed by atoms with van der Waals surface area (Å²) >= 11 is 0. The van der Waals surface area contributed by atoms with E-state index in [2.05, 4.69) is 0 Å². The molecule has 2 aliphatic rings. The first-order valence-electron chi connectivity index (χ1n) is 14.6. The predicted molar refractivity (Wildman–Crippen MR) is 158 cm³/mol. The molecule has 2 aromatic carbocycles. The maximum atomic E-state index is 14.0. The van der Waals surface area contributed by atoms with Gasteiger partial charge in [0.05, 0.1) is 6.10 Å². The number of carbonyl (C=O) groups is 2. The number of aliphatic hydroxyl groups excluding tert-OH is 5. The molecule has 0 unspecified atom stereocenters. The van der Waals surface area contributed by atoms with Crippen molar-refractivity contribution in [1.29, 1.82) is 0 Å². The molecule has 0 spiro atoms. The van der Waals surface area contributed by atoms with Gasteiger partial charge in [-0.25, -0.2) is 0 Å². The normalized spacial score (nSPS) is 30.4. The van der Waals surface area contributed by atoms with Crippen LogP contribution in [0.5, 0.6) is 23.0 Å². The number of hydrogen-bond donors (Lipinski definition) is 7. The molecule has 3 heterocycles. The summed E-state index contributed by atoms with van der Waals surface area (Å²) in [5.74, 6) is -3.48. The minimum Gasteiger partial charge on any atom is -0.508 e. The zero-order valence-corrected chi connectivity index (χ0v) is 25.7. The zero-order valence-electron chi connectivity index (χ0n) is 25.7. The molecule has 2 fully saturated rings. The maximum absolute atomic E-state index is 14.0. The Bertz CT molecular complexity index is 1700. The molecule has 17 nitrogen and oxygen atoms in total. The first-order chi connectivity index (χ1) is 22.7. The van der Waals surface area contributed by atoms with Crippen LogP contribution in [0.4, 0.5) is 0 Å². The molecule has 48 heavy (non-hydrogen) atoms.